The highest BCUT2D eigenvalue weighted by Crippen LogP contribution is 2.24. The zero-order valence-electron chi connectivity index (χ0n) is 11.4. The van der Waals surface area contributed by atoms with Crippen molar-refractivity contribution < 1.29 is 17.9 Å². The van der Waals surface area contributed by atoms with Gasteiger partial charge in [0.1, 0.15) is 6.61 Å². The van der Waals surface area contributed by atoms with Crippen molar-refractivity contribution in [1.29, 1.82) is 0 Å². The molecule has 0 radical (unpaired) electrons. The highest BCUT2D eigenvalue weighted by Gasteiger charge is 2.36. The molecule has 1 aromatic rings. The average molecular weight is 297 g/mol. The SMILES string of the molecule is C[C@H]1C[C@@H](CNC(=O)OCc2ccccc2)S(=O)(=O)C1. The summed E-state index contributed by atoms with van der Waals surface area (Å²) in [4.78, 5) is 11.5. The summed E-state index contributed by atoms with van der Waals surface area (Å²) >= 11 is 0. The topological polar surface area (TPSA) is 72.5 Å². The molecule has 1 heterocycles. The zero-order chi connectivity index (χ0) is 14.6. The van der Waals surface area contributed by atoms with Gasteiger partial charge in [-0.05, 0) is 17.9 Å². The van der Waals surface area contributed by atoms with Crippen molar-refractivity contribution in [3.8, 4) is 0 Å². The van der Waals surface area contributed by atoms with Crippen LogP contribution in [0.25, 0.3) is 0 Å². The number of alkyl carbamates (subject to hydrolysis) is 1. The van der Waals surface area contributed by atoms with Crippen molar-refractivity contribution >= 4 is 15.9 Å². The van der Waals surface area contributed by atoms with Gasteiger partial charge in [-0.2, -0.15) is 0 Å². The van der Waals surface area contributed by atoms with Crippen molar-refractivity contribution in [3.63, 3.8) is 0 Å². The summed E-state index contributed by atoms with van der Waals surface area (Å²) in [6.45, 7) is 2.21. The number of carbonyl (C=O) groups excluding carboxylic acids is 1. The minimum atomic E-state index is -3.07. The van der Waals surface area contributed by atoms with Gasteiger partial charge in [-0.25, -0.2) is 13.2 Å². The number of sulfone groups is 1. The van der Waals surface area contributed by atoms with Gasteiger partial charge in [0, 0.05) is 6.54 Å². The number of ether oxygens (including phenoxy) is 1. The Morgan fingerprint density at radius 3 is 2.65 bits per heavy atom. The van der Waals surface area contributed by atoms with Gasteiger partial charge in [0.15, 0.2) is 9.84 Å². The second-order valence-corrected chi connectivity index (χ2v) is 7.56. The quantitative estimate of drug-likeness (QED) is 0.918. The van der Waals surface area contributed by atoms with Crippen molar-refractivity contribution in [3.05, 3.63) is 35.9 Å². The monoisotopic (exact) mass is 297 g/mol. The van der Waals surface area contributed by atoms with Gasteiger partial charge in [-0.1, -0.05) is 37.3 Å². The van der Waals surface area contributed by atoms with E-state index in [0.29, 0.717) is 6.42 Å². The summed E-state index contributed by atoms with van der Waals surface area (Å²) in [7, 11) is -3.07. The predicted octanol–water partition coefficient (Wildman–Crippen LogP) is 1.74. The fourth-order valence-corrected chi connectivity index (χ4v) is 4.54. The third-order valence-corrected chi connectivity index (χ3v) is 5.79. The maximum Gasteiger partial charge on any atom is 0.407 e. The van der Waals surface area contributed by atoms with Crippen LogP contribution < -0.4 is 5.32 Å². The molecule has 110 valence electrons. The first-order chi connectivity index (χ1) is 9.47. The van der Waals surface area contributed by atoms with Crippen molar-refractivity contribution in [1.82, 2.24) is 5.32 Å². The molecule has 2 rings (SSSR count). The van der Waals surface area contributed by atoms with Gasteiger partial charge in [0.05, 0.1) is 11.0 Å². The van der Waals surface area contributed by atoms with Gasteiger partial charge in [0.2, 0.25) is 0 Å². The van der Waals surface area contributed by atoms with Gasteiger partial charge in [-0.15, -0.1) is 0 Å². The lowest BCUT2D eigenvalue weighted by atomic mass is 10.1. The van der Waals surface area contributed by atoms with Gasteiger partial charge < -0.3 is 10.1 Å². The van der Waals surface area contributed by atoms with Crippen molar-refractivity contribution in [2.75, 3.05) is 12.3 Å². The van der Waals surface area contributed by atoms with E-state index in [-0.39, 0.29) is 24.8 Å². The largest absolute Gasteiger partial charge is 0.445 e. The third-order valence-electron chi connectivity index (χ3n) is 3.38. The molecule has 20 heavy (non-hydrogen) atoms. The minimum absolute atomic E-state index is 0.125. The molecule has 1 aromatic carbocycles. The van der Waals surface area contributed by atoms with E-state index in [1.807, 2.05) is 37.3 Å². The summed E-state index contributed by atoms with van der Waals surface area (Å²) in [5.41, 5.74) is 0.893. The fraction of sp³-hybridized carbons (Fsp3) is 0.500. The van der Waals surface area contributed by atoms with Crippen LogP contribution in [-0.2, 0) is 21.2 Å². The highest BCUT2D eigenvalue weighted by molar-refractivity contribution is 7.92. The predicted molar refractivity (Wildman–Crippen MR) is 76.0 cm³/mol. The molecule has 0 saturated carbocycles. The van der Waals surface area contributed by atoms with Gasteiger partial charge >= 0.3 is 6.09 Å². The Balaban J connectivity index is 1.76. The molecule has 1 aliphatic heterocycles. The molecule has 0 aliphatic carbocycles. The van der Waals surface area contributed by atoms with E-state index in [0.717, 1.165) is 5.56 Å². The molecule has 0 bridgehead atoms. The number of nitrogens with one attached hydrogen (secondary N) is 1. The van der Waals surface area contributed by atoms with Crippen LogP contribution in [0.1, 0.15) is 18.9 Å². The first-order valence-electron chi connectivity index (χ1n) is 6.63. The normalized spacial score (nSPS) is 24.2. The average Bonchev–Trinajstić information content (AvgIpc) is 2.67. The molecule has 0 spiro atoms. The van der Waals surface area contributed by atoms with E-state index in [2.05, 4.69) is 5.32 Å². The molecule has 1 aliphatic rings. The van der Waals surface area contributed by atoms with Crippen LogP contribution >= 0.6 is 0 Å². The third kappa shape index (κ3) is 3.96. The lowest BCUT2D eigenvalue weighted by Crippen LogP contribution is -2.34. The number of amides is 1. The maximum atomic E-state index is 11.8. The second-order valence-electron chi connectivity index (χ2n) is 5.24. The van der Waals surface area contributed by atoms with Crippen LogP contribution in [0.3, 0.4) is 0 Å². The number of hydrogen-bond acceptors (Lipinski definition) is 4. The lowest BCUT2D eigenvalue weighted by molar-refractivity contribution is 0.139. The molecule has 1 saturated heterocycles. The maximum absolute atomic E-state index is 11.8. The Labute approximate surface area is 119 Å². The van der Waals surface area contributed by atoms with E-state index in [1.165, 1.54) is 0 Å². The molecule has 2 atom stereocenters. The smallest absolute Gasteiger partial charge is 0.407 e. The second kappa shape index (κ2) is 6.26. The van der Waals surface area contributed by atoms with Crippen LogP contribution in [-0.4, -0.2) is 32.1 Å². The van der Waals surface area contributed by atoms with E-state index >= 15 is 0 Å². The minimum Gasteiger partial charge on any atom is -0.445 e. The van der Waals surface area contributed by atoms with Crippen LogP contribution in [0.2, 0.25) is 0 Å². The number of benzene rings is 1. The Morgan fingerprint density at radius 2 is 2.05 bits per heavy atom. The molecule has 6 heteroatoms. The molecule has 0 unspecified atom stereocenters. The molecule has 0 aromatic heterocycles. The van der Waals surface area contributed by atoms with E-state index < -0.39 is 21.2 Å². The van der Waals surface area contributed by atoms with E-state index in [9.17, 15) is 13.2 Å². The summed E-state index contributed by atoms with van der Waals surface area (Å²) in [5.74, 6) is 0.366. The van der Waals surface area contributed by atoms with Crippen LogP contribution in [0, 0.1) is 5.92 Å². The Bertz CT molecular complexity index is 556. The molecular formula is C14H19NO4S. The molecule has 5 nitrogen and oxygen atoms in total. The van der Waals surface area contributed by atoms with Gasteiger partial charge in [0.25, 0.3) is 0 Å². The molecule has 1 amide bonds. The number of hydrogen-bond donors (Lipinski definition) is 1. The molecule has 1 fully saturated rings. The molecular weight excluding hydrogens is 278 g/mol. The molecule has 1 N–H and O–H groups in total. The van der Waals surface area contributed by atoms with Crippen LogP contribution in [0.5, 0.6) is 0 Å². The van der Waals surface area contributed by atoms with E-state index in [4.69, 9.17) is 4.74 Å². The van der Waals surface area contributed by atoms with Crippen molar-refractivity contribution in [2.45, 2.75) is 25.2 Å². The Kier molecular flexibility index (Phi) is 4.65. The Hall–Kier alpha value is -1.56. The Morgan fingerprint density at radius 1 is 1.35 bits per heavy atom. The summed E-state index contributed by atoms with van der Waals surface area (Å²) in [6.07, 6.45) is 0.0185. The van der Waals surface area contributed by atoms with Crippen molar-refractivity contribution in [2.24, 2.45) is 5.92 Å². The van der Waals surface area contributed by atoms with Crippen LogP contribution in [0.4, 0.5) is 4.79 Å². The van der Waals surface area contributed by atoms with Gasteiger partial charge in [-0.3, -0.25) is 0 Å². The first-order valence-corrected chi connectivity index (χ1v) is 8.35. The highest BCUT2D eigenvalue weighted by atomic mass is 32.2. The van der Waals surface area contributed by atoms with Crippen LogP contribution in [0.15, 0.2) is 30.3 Å². The standard InChI is InChI=1S/C14H19NO4S/c1-11-7-13(20(17,18)10-11)8-15-14(16)19-9-12-5-3-2-4-6-12/h2-6,11,13H,7-10H2,1H3,(H,15,16)/t11-,13-/m0/s1. The zero-order valence-corrected chi connectivity index (χ0v) is 12.2. The summed E-state index contributed by atoms with van der Waals surface area (Å²) in [5, 5.41) is 2.05. The summed E-state index contributed by atoms with van der Waals surface area (Å²) < 4.78 is 28.6. The lowest BCUT2D eigenvalue weighted by Gasteiger charge is -2.11. The first kappa shape index (κ1) is 14.8. The number of rotatable bonds is 4. The number of carbonyl (C=O) groups is 1. The fourth-order valence-electron chi connectivity index (χ4n) is 2.38. The summed E-state index contributed by atoms with van der Waals surface area (Å²) in [6, 6.07) is 9.33. The van der Waals surface area contributed by atoms with E-state index in [1.54, 1.807) is 0 Å².